The Morgan fingerprint density at radius 3 is 2.55 bits per heavy atom. The Morgan fingerprint density at radius 1 is 1.06 bits per heavy atom. The molecule has 2 aliphatic rings. The molecule has 0 fully saturated rings. The molecule has 0 saturated heterocycles. The molecule has 0 spiro atoms. The molecule has 0 unspecified atom stereocenters. The number of nitrogens with zero attached hydrogens (tertiary/aromatic N) is 3. The topological polar surface area (TPSA) is 57.6 Å². The Bertz CT molecular complexity index is 1240. The Kier molecular flexibility index (Phi) is 5.44. The van der Waals surface area contributed by atoms with Gasteiger partial charge in [-0.1, -0.05) is 36.4 Å². The Hall–Kier alpha value is -3.54. The number of hydrogen-bond acceptors (Lipinski definition) is 2. The number of urea groups is 1. The van der Waals surface area contributed by atoms with Gasteiger partial charge in [0.1, 0.15) is 0 Å². The van der Waals surface area contributed by atoms with Gasteiger partial charge >= 0.3 is 6.03 Å². The second kappa shape index (κ2) is 8.43. The summed E-state index contributed by atoms with van der Waals surface area (Å²) in [5, 5.41) is 4.28. The van der Waals surface area contributed by atoms with E-state index < -0.39 is 0 Å². The van der Waals surface area contributed by atoms with Gasteiger partial charge in [-0.05, 0) is 55.2 Å². The molecule has 2 atom stereocenters. The highest BCUT2D eigenvalue weighted by atomic mass is 16.2. The highest BCUT2D eigenvalue weighted by Gasteiger charge is 2.40. The summed E-state index contributed by atoms with van der Waals surface area (Å²) < 4.78 is 2.15. The summed E-state index contributed by atoms with van der Waals surface area (Å²) in [6.07, 6.45) is 5.04. The molecule has 1 aliphatic heterocycles. The standard InChI is InChI=1S/C27H30N4O2/c1-4-30(5-2)26(32)19-14-22-21-12-9-13-23-25(21)18(16-29(23)3)15-24(22)31(17-19)27(33)28-20-10-7-6-8-11-20/h6-14,16,19,24H,4-5,15,17H2,1-3H3,(H,28,33)/t19-,24-/m1/s1. The lowest BCUT2D eigenvalue weighted by Gasteiger charge is -2.42. The van der Waals surface area contributed by atoms with E-state index in [-0.39, 0.29) is 23.9 Å². The van der Waals surface area contributed by atoms with E-state index in [0.717, 1.165) is 23.2 Å². The summed E-state index contributed by atoms with van der Waals surface area (Å²) in [6, 6.07) is 15.6. The maximum atomic E-state index is 13.5. The van der Waals surface area contributed by atoms with Crippen LogP contribution in [0.3, 0.4) is 0 Å². The van der Waals surface area contributed by atoms with Crippen molar-refractivity contribution in [2.24, 2.45) is 13.0 Å². The summed E-state index contributed by atoms with van der Waals surface area (Å²) in [5.74, 6) is -0.285. The molecule has 6 heteroatoms. The van der Waals surface area contributed by atoms with E-state index in [1.54, 1.807) is 0 Å². The minimum absolute atomic E-state index is 0.0782. The van der Waals surface area contributed by atoms with Crippen LogP contribution in [0.5, 0.6) is 0 Å². The largest absolute Gasteiger partial charge is 0.350 e. The van der Waals surface area contributed by atoms with Crippen molar-refractivity contribution in [2.75, 3.05) is 25.0 Å². The average molecular weight is 443 g/mol. The van der Waals surface area contributed by atoms with Crippen molar-refractivity contribution in [1.82, 2.24) is 14.4 Å². The smallest absolute Gasteiger partial charge is 0.322 e. The molecule has 170 valence electrons. The van der Waals surface area contributed by atoms with Crippen molar-refractivity contribution in [3.63, 3.8) is 0 Å². The van der Waals surface area contributed by atoms with Gasteiger partial charge in [-0.25, -0.2) is 4.79 Å². The first kappa shape index (κ1) is 21.3. The Balaban J connectivity index is 1.58. The first-order valence-electron chi connectivity index (χ1n) is 11.7. The number of rotatable bonds is 4. The van der Waals surface area contributed by atoms with Gasteiger partial charge in [0, 0.05) is 49.5 Å². The van der Waals surface area contributed by atoms with Crippen molar-refractivity contribution in [3.8, 4) is 0 Å². The normalized spacial score (nSPS) is 19.1. The molecular formula is C27H30N4O2. The molecule has 3 aromatic rings. The van der Waals surface area contributed by atoms with Crippen molar-refractivity contribution in [1.29, 1.82) is 0 Å². The van der Waals surface area contributed by atoms with Crippen LogP contribution in [0, 0.1) is 5.92 Å². The fourth-order valence-corrected chi connectivity index (χ4v) is 5.38. The van der Waals surface area contributed by atoms with Gasteiger partial charge < -0.3 is 19.7 Å². The number of benzene rings is 2. The number of amides is 3. The minimum Gasteiger partial charge on any atom is -0.350 e. The molecule has 5 rings (SSSR count). The number of nitrogens with one attached hydrogen (secondary N) is 1. The predicted octanol–water partition coefficient (Wildman–Crippen LogP) is 4.52. The summed E-state index contributed by atoms with van der Waals surface area (Å²) in [7, 11) is 2.06. The van der Waals surface area contributed by atoms with E-state index in [0.29, 0.717) is 19.6 Å². The van der Waals surface area contributed by atoms with E-state index in [2.05, 4.69) is 47.4 Å². The molecular weight excluding hydrogens is 412 g/mol. The Morgan fingerprint density at radius 2 is 1.82 bits per heavy atom. The summed E-state index contributed by atoms with van der Waals surface area (Å²) in [6.45, 7) is 5.69. The maximum absolute atomic E-state index is 13.5. The minimum atomic E-state index is -0.363. The van der Waals surface area contributed by atoms with Crippen LogP contribution in [-0.2, 0) is 18.3 Å². The van der Waals surface area contributed by atoms with Crippen LogP contribution >= 0.6 is 0 Å². The fraction of sp³-hybridized carbons (Fsp3) is 0.333. The number of fused-ring (bicyclic) bond motifs is 2. The van der Waals surface area contributed by atoms with Crippen molar-refractivity contribution >= 4 is 34.1 Å². The van der Waals surface area contributed by atoms with Crippen LogP contribution in [0.1, 0.15) is 25.0 Å². The first-order valence-corrected chi connectivity index (χ1v) is 11.7. The number of anilines is 1. The zero-order chi connectivity index (χ0) is 23.1. The molecule has 1 aromatic heterocycles. The lowest BCUT2D eigenvalue weighted by atomic mass is 9.79. The highest BCUT2D eigenvalue weighted by molar-refractivity contribution is 6.01. The number of para-hydroxylation sites is 1. The molecule has 3 amide bonds. The molecule has 2 heterocycles. The third kappa shape index (κ3) is 3.59. The first-order chi connectivity index (χ1) is 16.0. The van der Waals surface area contributed by atoms with Gasteiger partial charge in [0.25, 0.3) is 0 Å². The SMILES string of the molecule is CCN(CC)C(=O)[C@@H]1C=C2c3cccc4c3c(cn4C)C[C@H]2N(C(=O)Nc2ccccc2)C1. The van der Waals surface area contributed by atoms with E-state index in [1.807, 2.05) is 54.0 Å². The number of hydrogen-bond donors (Lipinski definition) is 1. The monoisotopic (exact) mass is 442 g/mol. The van der Waals surface area contributed by atoms with Crippen LogP contribution < -0.4 is 5.32 Å². The third-order valence-electron chi connectivity index (χ3n) is 7.00. The third-order valence-corrected chi connectivity index (χ3v) is 7.00. The lowest BCUT2D eigenvalue weighted by Crippen LogP contribution is -2.52. The van der Waals surface area contributed by atoms with E-state index >= 15 is 0 Å². The van der Waals surface area contributed by atoms with Gasteiger partial charge in [0.2, 0.25) is 5.91 Å². The highest BCUT2D eigenvalue weighted by Crippen LogP contribution is 2.42. The molecule has 1 aliphatic carbocycles. The van der Waals surface area contributed by atoms with Crippen molar-refractivity contribution in [2.45, 2.75) is 26.3 Å². The Labute approximate surface area is 194 Å². The quantitative estimate of drug-likeness (QED) is 0.646. The van der Waals surface area contributed by atoms with E-state index in [9.17, 15) is 9.59 Å². The zero-order valence-electron chi connectivity index (χ0n) is 19.4. The van der Waals surface area contributed by atoms with Crippen LogP contribution in [0.25, 0.3) is 16.5 Å². The van der Waals surface area contributed by atoms with Gasteiger partial charge in [0.05, 0.1) is 12.0 Å². The van der Waals surface area contributed by atoms with E-state index in [1.165, 1.54) is 16.5 Å². The molecule has 1 N–H and O–H groups in total. The van der Waals surface area contributed by atoms with Gasteiger partial charge in [-0.15, -0.1) is 0 Å². The molecule has 0 radical (unpaired) electrons. The zero-order valence-corrected chi connectivity index (χ0v) is 19.4. The van der Waals surface area contributed by atoms with Crippen LogP contribution in [-0.4, -0.2) is 52.0 Å². The second-order valence-corrected chi connectivity index (χ2v) is 8.87. The van der Waals surface area contributed by atoms with Gasteiger partial charge in [0.15, 0.2) is 0 Å². The second-order valence-electron chi connectivity index (χ2n) is 8.87. The van der Waals surface area contributed by atoms with Crippen LogP contribution in [0.4, 0.5) is 10.5 Å². The lowest BCUT2D eigenvalue weighted by molar-refractivity contribution is -0.134. The molecule has 0 bridgehead atoms. The summed E-state index contributed by atoms with van der Waals surface area (Å²) in [5.41, 5.74) is 5.40. The van der Waals surface area contributed by atoms with Crippen molar-refractivity contribution in [3.05, 3.63) is 71.9 Å². The number of carbonyl (C=O) groups excluding carboxylic acids is 2. The molecule has 6 nitrogen and oxygen atoms in total. The summed E-state index contributed by atoms with van der Waals surface area (Å²) >= 11 is 0. The predicted molar refractivity (Wildman–Crippen MR) is 132 cm³/mol. The van der Waals surface area contributed by atoms with Gasteiger partial charge in [-0.2, -0.15) is 0 Å². The van der Waals surface area contributed by atoms with Gasteiger partial charge in [-0.3, -0.25) is 4.79 Å². The number of carbonyl (C=O) groups is 2. The number of aromatic nitrogens is 1. The fourth-order valence-electron chi connectivity index (χ4n) is 5.38. The van der Waals surface area contributed by atoms with Crippen LogP contribution in [0.2, 0.25) is 0 Å². The molecule has 33 heavy (non-hydrogen) atoms. The van der Waals surface area contributed by atoms with Crippen LogP contribution in [0.15, 0.2) is 60.8 Å². The molecule has 0 saturated carbocycles. The summed E-state index contributed by atoms with van der Waals surface area (Å²) in [4.78, 5) is 30.6. The average Bonchev–Trinajstić information content (AvgIpc) is 3.16. The van der Waals surface area contributed by atoms with E-state index in [4.69, 9.17) is 0 Å². The van der Waals surface area contributed by atoms with Crippen molar-refractivity contribution < 1.29 is 9.59 Å². The molecule has 2 aromatic carbocycles. The number of aryl methyl sites for hydroxylation is 1. The maximum Gasteiger partial charge on any atom is 0.322 e.